The van der Waals surface area contributed by atoms with E-state index in [0.29, 0.717) is 0 Å². The van der Waals surface area contributed by atoms with Crippen molar-refractivity contribution in [3.8, 4) is 0 Å². The molecule has 2 unspecified atom stereocenters. The van der Waals surface area contributed by atoms with Crippen LogP contribution in [0, 0.1) is 11.8 Å². The predicted molar refractivity (Wildman–Crippen MR) is 78.9 cm³/mol. The SMILES string of the molecule is CC(C)CNCCCCN1CCCC2CCCC21. The lowest BCUT2D eigenvalue weighted by molar-refractivity contribution is 0.111. The van der Waals surface area contributed by atoms with Crippen LogP contribution in [0.5, 0.6) is 0 Å². The molecule has 1 saturated carbocycles. The first-order chi connectivity index (χ1) is 8.77. The van der Waals surface area contributed by atoms with Crippen molar-refractivity contribution in [2.75, 3.05) is 26.2 Å². The Balaban J connectivity index is 1.55. The molecule has 1 saturated heterocycles. The van der Waals surface area contributed by atoms with Crippen LogP contribution in [0.4, 0.5) is 0 Å². The van der Waals surface area contributed by atoms with Gasteiger partial charge in [-0.2, -0.15) is 0 Å². The molecule has 1 N–H and O–H groups in total. The molecule has 2 nitrogen and oxygen atoms in total. The molecule has 0 radical (unpaired) electrons. The van der Waals surface area contributed by atoms with Crippen LogP contribution in [0.2, 0.25) is 0 Å². The summed E-state index contributed by atoms with van der Waals surface area (Å²) in [6.07, 6.45) is 10.2. The van der Waals surface area contributed by atoms with E-state index in [0.717, 1.165) is 17.9 Å². The third kappa shape index (κ3) is 4.24. The standard InChI is InChI=1S/C16H32N2/c1-14(2)13-17-10-3-4-11-18-12-6-8-15-7-5-9-16(15)18/h14-17H,3-13H2,1-2H3. The van der Waals surface area contributed by atoms with Crippen LogP contribution in [0.3, 0.4) is 0 Å². The quantitative estimate of drug-likeness (QED) is 0.700. The molecule has 2 aliphatic rings. The van der Waals surface area contributed by atoms with E-state index in [9.17, 15) is 0 Å². The van der Waals surface area contributed by atoms with Crippen molar-refractivity contribution >= 4 is 0 Å². The average Bonchev–Trinajstić information content (AvgIpc) is 2.82. The Bertz CT molecular complexity index is 227. The molecule has 0 aromatic carbocycles. The van der Waals surface area contributed by atoms with Gasteiger partial charge in [0.25, 0.3) is 0 Å². The Morgan fingerprint density at radius 2 is 1.94 bits per heavy atom. The van der Waals surface area contributed by atoms with Gasteiger partial charge >= 0.3 is 0 Å². The lowest BCUT2D eigenvalue weighted by Crippen LogP contribution is -2.43. The molecule has 1 heterocycles. The van der Waals surface area contributed by atoms with E-state index in [2.05, 4.69) is 24.1 Å². The molecule has 2 rings (SSSR count). The van der Waals surface area contributed by atoms with Gasteiger partial charge in [-0.15, -0.1) is 0 Å². The fourth-order valence-corrected chi connectivity index (χ4v) is 3.79. The first kappa shape index (κ1) is 14.3. The number of nitrogens with one attached hydrogen (secondary N) is 1. The number of likely N-dealkylation sites (tertiary alicyclic amines) is 1. The topological polar surface area (TPSA) is 15.3 Å². The summed E-state index contributed by atoms with van der Waals surface area (Å²) in [6, 6.07) is 0.961. The average molecular weight is 252 g/mol. The number of hydrogen-bond donors (Lipinski definition) is 1. The monoisotopic (exact) mass is 252 g/mol. The van der Waals surface area contributed by atoms with E-state index in [1.807, 2.05) is 0 Å². The summed E-state index contributed by atoms with van der Waals surface area (Å²) in [5, 5.41) is 3.55. The normalized spacial score (nSPS) is 28.8. The Morgan fingerprint density at radius 3 is 2.78 bits per heavy atom. The smallest absolute Gasteiger partial charge is 0.0123 e. The van der Waals surface area contributed by atoms with Gasteiger partial charge in [-0.3, -0.25) is 0 Å². The molecule has 18 heavy (non-hydrogen) atoms. The summed E-state index contributed by atoms with van der Waals surface area (Å²) < 4.78 is 0. The molecular weight excluding hydrogens is 220 g/mol. The fourth-order valence-electron chi connectivity index (χ4n) is 3.79. The van der Waals surface area contributed by atoms with E-state index in [1.54, 1.807) is 0 Å². The van der Waals surface area contributed by atoms with Crippen molar-refractivity contribution in [2.24, 2.45) is 11.8 Å². The number of rotatable bonds is 7. The van der Waals surface area contributed by atoms with Crippen LogP contribution in [0.25, 0.3) is 0 Å². The number of piperidine rings is 1. The zero-order valence-electron chi connectivity index (χ0n) is 12.5. The van der Waals surface area contributed by atoms with Gasteiger partial charge in [0.1, 0.15) is 0 Å². The minimum absolute atomic E-state index is 0.784. The second-order valence-electron chi connectivity index (χ2n) is 6.74. The van der Waals surface area contributed by atoms with E-state index in [1.165, 1.54) is 71.1 Å². The van der Waals surface area contributed by atoms with Gasteiger partial charge in [-0.1, -0.05) is 20.3 Å². The highest BCUT2D eigenvalue weighted by molar-refractivity contribution is 4.88. The summed E-state index contributed by atoms with van der Waals surface area (Å²) in [6.45, 7) is 9.67. The van der Waals surface area contributed by atoms with E-state index >= 15 is 0 Å². The molecule has 0 amide bonds. The van der Waals surface area contributed by atoms with Crippen LogP contribution >= 0.6 is 0 Å². The zero-order valence-corrected chi connectivity index (χ0v) is 12.5. The summed E-state index contributed by atoms with van der Waals surface area (Å²) in [5.74, 6) is 1.84. The second kappa shape index (κ2) is 7.49. The van der Waals surface area contributed by atoms with Crippen molar-refractivity contribution in [2.45, 2.75) is 64.8 Å². The van der Waals surface area contributed by atoms with Gasteiger partial charge in [-0.25, -0.2) is 0 Å². The van der Waals surface area contributed by atoms with E-state index < -0.39 is 0 Å². The molecule has 106 valence electrons. The Hall–Kier alpha value is -0.0800. The minimum atomic E-state index is 0.784. The summed E-state index contributed by atoms with van der Waals surface area (Å²) in [4.78, 5) is 2.81. The van der Waals surface area contributed by atoms with Crippen molar-refractivity contribution < 1.29 is 0 Å². The number of hydrogen-bond acceptors (Lipinski definition) is 2. The summed E-state index contributed by atoms with van der Waals surface area (Å²) >= 11 is 0. The molecule has 0 aromatic rings. The summed E-state index contributed by atoms with van der Waals surface area (Å²) in [7, 11) is 0. The fraction of sp³-hybridized carbons (Fsp3) is 1.00. The lowest BCUT2D eigenvalue weighted by atomic mass is 9.92. The molecule has 1 aliphatic carbocycles. The van der Waals surface area contributed by atoms with Gasteiger partial charge < -0.3 is 10.2 Å². The highest BCUT2D eigenvalue weighted by Gasteiger charge is 2.34. The van der Waals surface area contributed by atoms with Gasteiger partial charge in [0.05, 0.1) is 0 Å². The van der Waals surface area contributed by atoms with Crippen molar-refractivity contribution in [3.63, 3.8) is 0 Å². The lowest BCUT2D eigenvalue weighted by Gasteiger charge is -2.37. The van der Waals surface area contributed by atoms with Crippen LogP contribution in [-0.4, -0.2) is 37.1 Å². The highest BCUT2D eigenvalue weighted by Crippen LogP contribution is 2.36. The Labute approximate surface area is 114 Å². The van der Waals surface area contributed by atoms with Crippen molar-refractivity contribution in [3.05, 3.63) is 0 Å². The maximum Gasteiger partial charge on any atom is 0.0123 e. The van der Waals surface area contributed by atoms with Gasteiger partial charge in [0.2, 0.25) is 0 Å². The number of unbranched alkanes of at least 4 members (excludes halogenated alkanes) is 1. The molecule has 0 spiro atoms. The highest BCUT2D eigenvalue weighted by atomic mass is 15.2. The Morgan fingerprint density at radius 1 is 1.11 bits per heavy atom. The van der Waals surface area contributed by atoms with Crippen molar-refractivity contribution in [1.82, 2.24) is 10.2 Å². The van der Waals surface area contributed by atoms with Gasteiger partial charge in [0.15, 0.2) is 0 Å². The first-order valence-electron chi connectivity index (χ1n) is 8.22. The summed E-state index contributed by atoms with van der Waals surface area (Å²) in [5.41, 5.74) is 0. The van der Waals surface area contributed by atoms with Crippen LogP contribution < -0.4 is 5.32 Å². The number of nitrogens with zero attached hydrogens (tertiary/aromatic N) is 1. The molecule has 0 bridgehead atoms. The van der Waals surface area contributed by atoms with Crippen molar-refractivity contribution in [1.29, 1.82) is 0 Å². The molecule has 0 aromatic heterocycles. The third-order valence-electron chi connectivity index (χ3n) is 4.71. The van der Waals surface area contributed by atoms with Crippen LogP contribution in [0.15, 0.2) is 0 Å². The van der Waals surface area contributed by atoms with E-state index in [-0.39, 0.29) is 0 Å². The zero-order chi connectivity index (χ0) is 12.8. The molecular formula is C16H32N2. The van der Waals surface area contributed by atoms with Crippen LogP contribution in [0.1, 0.15) is 58.8 Å². The molecule has 2 fully saturated rings. The maximum absolute atomic E-state index is 3.55. The molecule has 2 heteroatoms. The largest absolute Gasteiger partial charge is 0.316 e. The van der Waals surface area contributed by atoms with Gasteiger partial charge in [-0.05, 0) is 76.5 Å². The Kier molecular flexibility index (Phi) is 5.97. The number of fused-ring (bicyclic) bond motifs is 1. The van der Waals surface area contributed by atoms with E-state index in [4.69, 9.17) is 0 Å². The third-order valence-corrected chi connectivity index (χ3v) is 4.71. The minimum Gasteiger partial charge on any atom is -0.316 e. The molecule has 2 atom stereocenters. The molecule has 1 aliphatic heterocycles. The predicted octanol–water partition coefficient (Wildman–Crippen LogP) is 3.28. The van der Waals surface area contributed by atoms with Crippen LogP contribution in [-0.2, 0) is 0 Å². The second-order valence-corrected chi connectivity index (χ2v) is 6.74. The maximum atomic E-state index is 3.55. The first-order valence-corrected chi connectivity index (χ1v) is 8.22. The van der Waals surface area contributed by atoms with Gasteiger partial charge in [0, 0.05) is 6.04 Å².